The van der Waals surface area contributed by atoms with Gasteiger partial charge in [-0.25, -0.2) is 8.42 Å². The zero-order chi connectivity index (χ0) is 9.47. The molecule has 1 aromatic carbocycles. The Labute approximate surface area is 76.9 Å². The van der Waals surface area contributed by atoms with E-state index in [0.717, 1.165) is 12.8 Å². The van der Waals surface area contributed by atoms with Crippen LogP contribution in [0, 0.1) is 0 Å². The first-order chi connectivity index (χ1) is 6.10. The van der Waals surface area contributed by atoms with Gasteiger partial charge in [-0.05, 0) is 37.1 Å². The Kier molecular flexibility index (Phi) is 1.80. The van der Waals surface area contributed by atoms with Crippen LogP contribution < -0.4 is 0 Å². The lowest BCUT2D eigenvalue weighted by molar-refractivity contribution is 0.475. The number of hydrogen-bond acceptors (Lipinski definition) is 3. The van der Waals surface area contributed by atoms with Gasteiger partial charge < -0.3 is 5.11 Å². The topological polar surface area (TPSA) is 54.4 Å². The van der Waals surface area contributed by atoms with Crippen LogP contribution in [0.4, 0.5) is 0 Å². The van der Waals surface area contributed by atoms with E-state index in [1.54, 1.807) is 0 Å². The molecule has 0 amide bonds. The SMILES string of the molecule is O=S(=O)(c1ccc(O)cc1)C1CC1. The Balaban J connectivity index is 2.40. The van der Waals surface area contributed by atoms with Gasteiger partial charge in [0.15, 0.2) is 9.84 Å². The van der Waals surface area contributed by atoms with Gasteiger partial charge >= 0.3 is 0 Å². The van der Waals surface area contributed by atoms with Crippen molar-refractivity contribution in [2.45, 2.75) is 23.0 Å². The summed E-state index contributed by atoms with van der Waals surface area (Å²) in [6.45, 7) is 0. The molecule has 0 saturated heterocycles. The number of phenols is 1. The van der Waals surface area contributed by atoms with Crippen molar-refractivity contribution in [3.8, 4) is 5.75 Å². The summed E-state index contributed by atoms with van der Waals surface area (Å²) in [6.07, 6.45) is 1.53. The number of hydrogen-bond donors (Lipinski definition) is 1. The molecule has 1 saturated carbocycles. The fraction of sp³-hybridized carbons (Fsp3) is 0.333. The van der Waals surface area contributed by atoms with E-state index in [2.05, 4.69) is 0 Å². The van der Waals surface area contributed by atoms with Crippen molar-refractivity contribution < 1.29 is 13.5 Å². The van der Waals surface area contributed by atoms with Crippen molar-refractivity contribution in [1.82, 2.24) is 0 Å². The molecule has 0 radical (unpaired) electrons. The summed E-state index contributed by atoms with van der Waals surface area (Å²) in [7, 11) is -3.09. The standard InChI is InChI=1S/C9H10O3S/c10-7-1-3-8(4-2-7)13(11,12)9-5-6-9/h1-4,9-10H,5-6H2. The third-order valence-electron chi connectivity index (χ3n) is 2.13. The summed E-state index contributed by atoms with van der Waals surface area (Å²) in [5, 5.41) is 8.80. The number of sulfone groups is 1. The van der Waals surface area contributed by atoms with Crippen LogP contribution in [0.15, 0.2) is 29.2 Å². The fourth-order valence-corrected chi connectivity index (χ4v) is 2.86. The van der Waals surface area contributed by atoms with Gasteiger partial charge in [0, 0.05) is 0 Å². The Morgan fingerprint density at radius 1 is 1.15 bits per heavy atom. The van der Waals surface area contributed by atoms with E-state index in [4.69, 9.17) is 5.11 Å². The van der Waals surface area contributed by atoms with E-state index in [-0.39, 0.29) is 11.0 Å². The van der Waals surface area contributed by atoms with Crippen LogP contribution in [0.1, 0.15) is 12.8 Å². The lowest BCUT2D eigenvalue weighted by Gasteiger charge is -2.01. The van der Waals surface area contributed by atoms with Gasteiger partial charge in [-0.2, -0.15) is 0 Å². The summed E-state index contributed by atoms with van der Waals surface area (Å²) < 4.78 is 23.2. The Hall–Kier alpha value is -1.03. The van der Waals surface area contributed by atoms with Crippen molar-refractivity contribution in [3.05, 3.63) is 24.3 Å². The minimum absolute atomic E-state index is 0.0924. The zero-order valence-corrected chi connectivity index (χ0v) is 7.79. The number of aromatic hydroxyl groups is 1. The molecule has 0 atom stereocenters. The summed E-state index contributed by atoms with van der Waals surface area (Å²) in [5.41, 5.74) is 0. The second-order valence-electron chi connectivity index (χ2n) is 3.24. The quantitative estimate of drug-likeness (QED) is 0.780. The normalized spacial score (nSPS) is 17.2. The first-order valence-corrected chi connectivity index (χ1v) is 5.68. The lowest BCUT2D eigenvalue weighted by Crippen LogP contribution is -2.06. The molecule has 0 aromatic heterocycles. The van der Waals surface area contributed by atoms with Crippen LogP contribution in [0.5, 0.6) is 5.75 Å². The average molecular weight is 198 g/mol. The molecule has 2 rings (SSSR count). The van der Waals surface area contributed by atoms with E-state index in [1.807, 2.05) is 0 Å². The molecule has 0 unspecified atom stereocenters. The number of benzene rings is 1. The number of rotatable bonds is 2. The van der Waals surface area contributed by atoms with Crippen molar-refractivity contribution in [1.29, 1.82) is 0 Å². The Morgan fingerprint density at radius 2 is 1.69 bits per heavy atom. The van der Waals surface area contributed by atoms with Gasteiger partial charge in [0.1, 0.15) is 5.75 Å². The van der Waals surface area contributed by atoms with Gasteiger partial charge in [-0.3, -0.25) is 0 Å². The summed E-state index contributed by atoms with van der Waals surface area (Å²) >= 11 is 0. The molecule has 3 nitrogen and oxygen atoms in total. The molecule has 1 fully saturated rings. The van der Waals surface area contributed by atoms with Gasteiger partial charge in [-0.1, -0.05) is 0 Å². The maximum absolute atomic E-state index is 11.6. The number of phenolic OH excluding ortho intramolecular Hbond substituents is 1. The van der Waals surface area contributed by atoms with E-state index in [1.165, 1.54) is 24.3 Å². The van der Waals surface area contributed by atoms with E-state index < -0.39 is 9.84 Å². The second-order valence-corrected chi connectivity index (χ2v) is 5.47. The zero-order valence-electron chi connectivity index (χ0n) is 6.97. The van der Waals surface area contributed by atoms with Crippen LogP contribution in [0.3, 0.4) is 0 Å². The van der Waals surface area contributed by atoms with Gasteiger partial charge in [0.25, 0.3) is 0 Å². The third-order valence-corrected chi connectivity index (χ3v) is 4.41. The molecule has 1 aliphatic rings. The lowest BCUT2D eigenvalue weighted by atomic mass is 10.3. The highest BCUT2D eigenvalue weighted by Gasteiger charge is 2.36. The highest BCUT2D eigenvalue weighted by atomic mass is 32.2. The molecule has 0 bridgehead atoms. The maximum atomic E-state index is 11.6. The molecule has 13 heavy (non-hydrogen) atoms. The Bertz CT molecular complexity index is 401. The van der Waals surface area contributed by atoms with Crippen molar-refractivity contribution >= 4 is 9.84 Å². The molecule has 0 aliphatic heterocycles. The third kappa shape index (κ3) is 1.54. The molecular weight excluding hydrogens is 188 g/mol. The molecule has 1 aliphatic carbocycles. The monoisotopic (exact) mass is 198 g/mol. The van der Waals surface area contributed by atoms with Crippen molar-refractivity contribution in [2.24, 2.45) is 0 Å². The summed E-state index contributed by atoms with van der Waals surface area (Å²) in [5.74, 6) is 0.0924. The van der Waals surface area contributed by atoms with Gasteiger partial charge in [0.05, 0.1) is 10.1 Å². The van der Waals surface area contributed by atoms with E-state index in [0.29, 0.717) is 4.90 Å². The summed E-state index contributed by atoms with van der Waals surface area (Å²) in [6, 6.07) is 5.69. The molecule has 0 heterocycles. The predicted octanol–water partition coefficient (Wildman–Crippen LogP) is 1.33. The molecule has 1 N–H and O–H groups in total. The molecular formula is C9H10O3S. The average Bonchev–Trinajstić information content (AvgIpc) is 2.87. The maximum Gasteiger partial charge on any atom is 0.181 e. The minimum Gasteiger partial charge on any atom is -0.508 e. The van der Waals surface area contributed by atoms with Gasteiger partial charge in [-0.15, -0.1) is 0 Å². The fourth-order valence-electron chi connectivity index (χ4n) is 1.21. The smallest absolute Gasteiger partial charge is 0.181 e. The largest absolute Gasteiger partial charge is 0.508 e. The molecule has 0 spiro atoms. The van der Waals surface area contributed by atoms with Crippen LogP contribution >= 0.6 is 0 Å². The van der Waals surface area contributed by atoms with E-state index in [9.17, 15) is 8.42 Å². The highest BCUT2D eigenvalue weighted by Crippen LogP contribution is 2.33. The second kappa shape index (κ2) is 2.73. The van der Waals surface area contributed by atoms with Gasteiger partial charge in [0.2, 0.25) is 0 Å². The molecule has 4 heteroatoms. The van der Waals surface area contributed by atoms with Crippen LogP contribution in [-0.2, 0) is 9.84 Å². The first kappa shape index (κ1) is 8.56. The summed E-state index contributed by atoms with van der Waals surface area (Å²) in [4.78, 5) is 0.313. The van der Waals surface area contributed by atoms with Crippen molar-refractivity contribution in [2.75, 3.05) is 0 Å². The minimum atomic E-state index is -3.09. The van der Waals surface area contributed by atoms with Crippen LogP contribution in [0.25, 0.3) is 0 Å². The molecule has 1 aromatic rings. The van der Waals surface area contributed by atoms with Crippen LogP contribution in [-0.4, -0.2) is 18.8 Å². The highest BCUT2D eigenvalue weighted by molar-refractivity contribution is 7.92. The van der Waals surface area contributed by atoms with Crippen molar-refractivity contribution in [3.63, 3.8) is 0 Å². The Morgan fingerprint density at radius 3 is 2.15 bits per heavy atom. The predicted molar refractivity (Wildman–Crippen MR) is 48.3 cm³/mol. The van der Waals surface area contributed by atoms with E-state index >= 15 is 0 Å². The molecule has 70 valence electrons. The van der Waals surface area contributed by atoms with Crippen LogP contribution in [0.2, 0.25) is 0 Å². The first-order valence-electron chi connectivity index (χ1n) is 4.13.